The lowest BCUT2D eigenvalue weighted by Crippen LogP contribution is -2.44. The van der Waals surface area contributed by atoms with E-state index in [1.807, 2.05) is 11.9 Å². The second-order valence-electron chi connectivity index (χ2n) is 6.94. The van der Waals surface area contributed by atoms with E-state index in [9.17, 15) is 4.79 Å². The molecule has 2 rings (SSSR count). The van der Waals surface area contributed by atoms with E-state index in [-0.39, 0.29) is 5.91 Å². The highest BCUT2D eigenvalue weighted by atomic mass is 16.2. The van der Waals surface area contributed by atoms with Crippen molar-refractivity contribution >= 4 is 11.9 Å². The Kier molecular flexibility index (Phi) is 7.29. The minimum absolute atomic E-state index is 0.247. The number of benzene rings is 1. The maximum atomic E-state index is 12.4. The molecule has 1 fully saturated rings. The summed E-state index contributed by atoms with van der Waals surface area (Å²) in [5.41, 5.74) is 2.56. The third kappa shape index (κ3) is 5.48. The van der Waals surface area contributed by atoms with Crippen LogP contribution in [0.15, 0.2) is 29.3 Å². The molecule has 138 valence electrons. The van der Waals surface area contributed by atoms with Crippen molar-refractivity contribution < 1.29 is 4.79 Å². The molecule has 1 amide bonds. The zero-order chi connectivity index (χ0) is 18.2. The van der Waals surface area contributed by atoms with Gasteiger partial charge in [-0.05, 0) is 44.2 Å². The molecular weight excluding hydrogens is 312 g/mol. The molecule has 5 heteroatoms. The maximum absolute atomic E-state index is 12.4. The summed E-state index contributed by atoms with van der Waals surface area (Å²) in [6.07, 6.45) is 4.01. The van der Waals surface area contributed by atoms with Crippen LogP contribution in [0.25, 0.3) is 0 Å². The lowest BCUT2D eigenvalue weighted by atomic mass is 10.0. The smallest absolute Gasteiger partial charge is 0.224 e. The number of carbonyl (C=O) groups excluding carboxylic acids is 1. The molecule has 0 radical (unpaired) electrons. The van der Waals surface area contributed by atoms with Gasteiger partial charge in [0, 0.05) is 46.2 Å². The number of aliphatic imine (C=N–C) groups is 1. The summed E-state index contributed by atoms with van der Waals surface area (Å²) < 4.78 is 0. The number of nitrogens with one attached hydrogen (secondary N) is 1. The van der Waals surface area contributed by atoms with Gasteiger partial charge in [0.1, 0.15) is 0 Å². The Hall–Kier alpha value is -2.04. The minimum atomic E-state index is 0.247. The van der Waals surface area contributed by atoms with Crippen molar-refractivity contribution in [3.8, 4) is 0 Å². The summed E-state index contributed by atoms with van der Waals surface area (Å²) in [6.45, 7) is 6.59. The lowest BCUT2D eigenvalue weighted by Gasteiger charge is -2.33. The van der Waals surface area contributed by atoms with E-state index in [0.29, 0.717) is 19.0 Å². The van der Waals surface area contributed by atoms with E-state index in [1.165, 1.54) is 17.5 Å². The van der Waals surface area contributed by atoms with Crippen LogP contribution in [-0.4, -0.2) is 54.9 Å². The second kappa shape index (κ2) is 9.44. The Labute approximate surface area is 152 Å². The van der Waals surface area contributed by atoms with Crippen molar-refractivity contribution in [1.82, 2.24) is 15.1 Å². The van der Waals surface area contributed by atoms with E-state index in [1.54, 1.807) is 7.05 Å². The number of rotatable bonds is 5. The Balaban J connectivity index is 1.81. The van der Waals surface area contributed by atoms with Crippen LogP contribution >= 0.6 is 0 Å². The van der Waals surface area contributed by atoms with Crippen LogP contribution in [0.2, 0.25) is 0 Å². The molecule has 0 spiro atoms. The molecule has 0 aliphatic carbocycles. The molecule has 1 aromatic carbocycles. The monoisotopic (exact) mass is 344 g/mol. The first-order chi connectivity index (χ1) is 12.0. The largest absolute Gasteiger partial charge is 0.356 e. The summed E-state index contributed by atoms with van der Waals surface area (Å²) in [5.74, 6) is 1.07. The Morgan fingerprint density at radius 3 is 2.80 bits per heavy atom. The quantitative estimate of drug-likeness (QED) is 0.660. The van der Waals surface area contributed by atoms with Gasteiger partial charge in [0.15, 0.2) is 5.96 Å². The molecule has 1 aliphatic heterocycles. The SMILES string of the molecule is CN=C(NCCC(=O)N1CCCCC1C)N(C)Cc1ccccc1C. The molecule has 5 nitrogen and oxygen atoms in total. The predicted molar refractivity (Wildman–Crippen MR) is 104 cm³/mol. The first kappa shape index (κ1) is 19.3. The molecule has 1 aromatic rings. The Morgan fingerprint density at radius 2 is 2.12 bits per heavy atom. The first-order valence-electron chi connectivity index (χ1n) is 9.28. The fraction of sp³-hybridized carbons (Fsp3) is 0.600. The van der Waals surface area contributed by atoms with Crippen molar-refractivity contribution in [3.63, 3.8) is 0 Å². The van der Waals surface area contributed by atoms with Crippen LogP contribution in [0, 0.1) is 6.92 Å². The maximum Gasteiger partial charge on any atom is 0.224 e. The van der Waals surface area contributed by atoms with Crippen LogP contribution in [0.5, 0.6) is 0 Å². The first-order valence-corrected chi connectivity index (χ1v) is 9.28. The van der Waals surface area contributed by atoms with Gasteiger partial charge in [-0.25, -0.2) is 0 Å². The van der Waals surface area contributed by atoms with Crippen molar-refractivity contribution in [1.29, 1.82) is 0 Å². The normalized spacial score (nSPS) is 18.2. The summed E-state index contributed by atoms with van der Waals surface area (Å²) in [4.78, 5) is 20.9. The molecule has 0 bridgehead atoms. The summed E-state index contributed by atoms with van der Waals surface area (Å²) in [5, 5.41) is 3.32. The molecule has 0 aromatic heterocycles. The van der Waals surface area contributed by atoms with Crippen molar-refractivity contribution in [2.75, 3.05) is 27.2 Å². The molecule has 1 unspecified atom stereocenters. The highest BCUT2D eigenvalue weighted by molar-refractivity contribution is 5.81. The second-order valence-corrected chi connectivity index (χ2v) is 6.94. The predicted octanol–water partition coefficient (Wildman–Crippen LogP) is 2.79. The summed E-state index contributed by atoms with van der Waals surface area (Å²) >= 11 is 0. The average Bonchev–Trinajstić information content (AvgIpc) is 2.60. The van der Waals surface area contributed by atoms with Crippen LogP contribution in [0.4, 0.5) is 0 Å². The fourth-order valence-electron chi connectivity index (χ4n) is 3.40. The number of likely N-dealkylation sites (tertiary alicyclic amines) is 1. The number of hydrogen-bond donors (Lipinski definition) is 1. The van der Waals surface area contributed by atoms with Crippen LogP contribution < -0.4 is 5.32 Å². The summed E-state index contributed by atoms with van der Waals surface area (Å²) in [7, 11) is 3.81. The average molecular weight is 345 g/mol. The highest BCUT2D eigenvalue weighted by Crippen LogP contribution is 2.17. The van der Waals surface area contributed by atoms with Crippen molar-refractivity contribution in [2.24, 2.45) is 4.99 Å². The number of guanidine groups is 1. The number of nitrogens with zero attached hydrogens (tertiary/aromatic N) is 3. The van der Waals surface area contributed by atoms with Gasteiger partial charge in [0.2, 0.25) is 5.91 Å². The highest BCUT2D eigenvalue weighted by Gasteiger charge is 2.22. The van der Waals surface area contributed by atoms with Gasteiger partial charge in [-0.2, -0.15) is 0 Å². The van der Waals surface area contributed by atoms with Gasteiger partial charge in [-0.3, -0.25) is 9.79 Å². The minimum Gasteiger partial charge on any atom is -0.356 e. The van der Waals surface area contributed by atoms with E-state index in [0.717, 1.165) is 31.9 Å². The molecule has 25 heavy (non-hydrogen) atoms. The fourth-order valence-corrected chi connectivity index (χ4v) is 3.40. The van der Waals surface area contributed by atoms with Crippen LogP contribution in [0.3, 0.4) is 0 Å². The van der Waals surface area contributed by atoms with Gasteiger partial charge in [0.25, 0.3) is 0 Å². The van der Waals surface area contributed by atoms with E-state index >= 15 is 0 Å². The molecule has 1 aliphatic rings. The van der Waals surface area contributed by atoms with Crippen LogP contribution in [-0.2, 0) is 11.3 Å². The standard InChI is InChI=1S/C20H32N4O/c1-16-9-5-6-11-18(16)15-23(4)20(21-3)22-13-12-19(25)24-14-8-7-10-17(24)2/h5-6,9,11,17H,7-8,10,12-15H2,1-4H3,(H,21,22). The Morgan fingerprint density at radius 1 is 1.36 bits per heavy atom. The van der Waals surface area contributed by atoms with Crippen molar-refractivity contribution in [3.05, 3.63) is 35.4 Å². The zero-order valence-corrected chi connectivity index (χ0v) is 16.1. The van der Waals surface area contributed by atoms with Crippen molar-refractivity contribution in [2.45, 2.75) is 52.1 Å². The van der Waals surface area contributed by atoms with E-state index in [2.05, 4.69) is 53.3 Å². The van der Waals surface area contributed by atoms with E-state index in [4.69, 9.17) is 0 Å². The van der Waals surface area contributed by atoms with Gasteiger partial charge in [0.05, 0.1) is 0 Å². The molecule has 1 N–H and O–H groups in total. The molecule has 1 atom stereocenters. The number of carbonyl (C=O) groups is 1. The van der Waals surface area contributed by atoms with Crippen LogP contribution in [0.1, 0.15) is 43.7 Å². The molecular formula is C20H32N4O. The zero-order valence-electron chi connectivity index (χ0n) is 16.1. The van der Waals surface area contributed by atoms with E-state index < -0.39 is 0 Å². The number of aryl methyl sites for hydroxylation is 1. The molecule has 1 saturated heterocycles. The van der Waals surface area contributed by atoms with Gasteiger partial charge in [-0.15, -0.1) is 0 Å². The Bertz CT molecular complexity index is 599. The van der Waals surface area contributed by atoms with Gasteiger partial charge >= 0.3 is 0 Å². The van der Waals surface area contributed by atoms with Gasteiger partial charge < -0.3 is 15.1 Å². The topological polar surface area (TPSA) is 47.9 Å². The number of piperidine rings is 1. The number of amides is 1. The third-order valence-electron chi connectivity index (χ3n) is 4.99. The third-order valence-corrected chi connectivity index (χ3v) is 4.99. The summed E-state index contributed by atoms with van der Waals surface area (Å²) in [6, 6.07) is 8.76. The van der Waals surface area contributed by atoms with Gasteiger partial charge in [-0.1, -0.05) is 24.3 Å². The lowest BCUT2D eigenvalue weighted by molar-refractivity contribution is -0.134. The molecule has 1 heterocycles. The molecule has 0 saturated carbocycles. The number of hydrogen-bond acceptors (Lipinski definition) is 2.